The molecule has 204 valence electrons. The van der Waals surface area contributed by atoms with E-state index in [1.165, 1.54) is 35.1 Å². The molecule has 0 saturated carbocycles. The Morgan fingerprint density at radius 2 is 1.35 bits per heavy atom. The zero-order chi connectivity index (χ0) is 28.2. The lowest BCUT2D eigenvalue weighted by molar-refractivity contribution is 0.283. The summed E-state index contributed by atoms with van der Waals surface area (Å²) in [6.45, 7) is 32.7. The maximum Gasteiger partial charge on any atom is 0.134 e. The number of halogens is 1. The molecule has 0 spiro atoms. The number of hydrogen-bond acceptors (Lipinski definition) is 1. The van der Waals surface area contributed by atoms with Crippen LogP contribution >= 0.6 is 0 Å². The first-order valence-electron chi connectivity index (χ1n) is 14.4. The lowest BCUT2D eigenvalue weighted by atomic mass is 9.80. The fraction of sp³-hybridized carbons (Fsp3) is 0.543. The van der Waals surface area contributed by atoms with Crippen molar-refractivity contribution in [1.82, 2.24) is 4.90 Å². The van der Waals surface area contributed by atoms with Crippen LogP contribution in [0.4, 0.5) is 4.39 Å². The van der Waals surface area contributed by atoms with E-state index in [0.29, 0.717) is 23.2 Å². The van der Waals surface area contributed by atoms with E-state index >= 15 is 4.39 Å². The lowest BCUT2D eigenvalue weighted by Crippen LogP contribution is -2.34. The molecule has 0 N–H and O–H groups in total. The van der Waals surface area contributed by atoms with Crippen molar-refractivity contribution in [2.24, 2.45) is 0 Å². The third-order valence-corrected chi connectivity index (χ3v) is 8.89. The van der Waals surface area contributed by atoms with E-state index in [2.05, 4.69) is 93.4 Å². The number of nitrogens with zero attached hydrogens (tertiary/aromatic N) is 1. The second-order valence-corrected chi connectivity index (χ2v) is 11.0. The molecule has 0 aromatic heterocycles. The summed E-state index contributed by atoms with van der Waals surface area (Å²) in [5.74, 6) is -0.138. The first kappa shape index (κ1) is 30.9. The van der Waals surface area contributed by atoms with Gasteiger partial charge in [-0.15, -0.1) is 0 Å². The monoisotopic (exact) mass is 505 g/mol. The second-order valence-electron chi connectivity index (χ2n) is 11.0. The number of benzene rings is 1. The molecule has 1 fully saturated rings. The molecular formula is C35H52FN. The Morgan fingerprint density at radius 3 is 1.76 bits per heavy atom. The van der Waals surface area contributed by atoms with Gasteiger partial charge < -0.3 is 4.90 Å². The minimum atomic E-state index is -0.138. The molecule has 2 rings (SSSR count). The Bertz CT molecular complexity index is 1120. The second kappa shape index (κ2) is 12.9. The molecule has 1 heterocycles. The van der Waals surface area contributed by atoms with Gasteiger partial charge in [0.15, 0.2) is 0 Å². The Labute approximate surface area is 227 Å². The summed E-state index contributed by atoms with van der Waals surface area (Å²) in [7, 11) is 0. The number of rotatable bonds is 10. The Morgan fingerprint density at radius 1 is 0.865 bits per heavy atom. The van der Waals surface area contributed by atoms with Crippen molar-refractivity contribution in [3.8, 4) is 0 Å². The Kier molecular flexibility index (Phi) is 10.8. The van der Waals surface area contributed by atoms with Gasteiger partial charge in [-0.2, -0.15) is 0 Å². The fourth-order valence-electron chi connectivity index (χ4n) is 6.30. The smallest absolute Gasteiger partial charge is 0.134 e. The van der Waals surface area contributed by atoms with E-state index in [1.54, 1.807) is 0 Å². The normalized spacial score (nSPS) is 18.7. The predicted octanol–water partition coefficient (Wildman–Crippen LogP) is 10.5. The molecule has 1 aromatic carbocycles. The highest BCUT2D eigenvalue weighted by atomic mass is 19.1. The van der Waals surface area contributed by atoms with Crippen LogP contribution in [0.5, 0.6) is 0 Å². The van der Waals surface area contributed by atoms with Crippen LogP contribution in [0, 0.1) is 12.7 Å². The summed E-state index contributed by atoms with van der Waals surface area (Å²) < 4.78 is 16.7. The summed E-state index contributed by atoms with van der Waals surface area (Å²) >= 11 is 0. The van der Waals surface area contributed by atoms with Crippen LogP contribution in [0.1, 0.15) is 123 Å². The maximum atomic E-state index is 16.7. The van der Waals surface area contributed by atoms with Gasteiger partial charge in [-0.3, -0.25) is 0 Å². The number of hydrogen-bond donors (Lipinski definition) is 0. The molecule has 1 nitrogen and oxygen atoms in total. The summed E-state index contributed by atoms with van der Waals surface area (Å²) in [6, 6.07) is 0.955. The van der Waals surface area contributed by atoms with Gasteiger partial charge in [0.1, 0.15) is 5.82 Å². The molecule has 2 atom stereocenters. The standard InChI is InChI=1S/C35H52FN/c1-14-22(8)24(10)32(23(9)21(6)7)25(11)34-31(18-5)30(17-4)33(26(12)35(34)36)27(13)37-28(15-2)19-20-29(37)16-3/h14,28-29H,11,13,15-20H2,1-10,12H3/b22-14-,32-24-. The largest absolute Gasteiger partial charge is 0.366 e. The molecule has 2 unspecified atom stereocenters. The van der Waals surface area contributed by atoms with Crippen LogP contribution in [0.25, 0.3) is 11.3 Å². The zero-order valence-electron chi connectivity index (χ0n) is 25.7. The summed E-state index contributed by atoms with van der Waals surface area (Å²) in [5.41, 5.74) is 12.3. The van der Waals surface area contributed by atoms with Crippen molar-refractivity contribution >= 4 is 11.3 Å². The van der Waals surface area contributed by atoms with E-state index in [1.807, 2.05) is 6.92 Å². The molecule has 37 heavy (non-hydrogen) atoms. The SMILES string of the molecule is C=C(/C(C(C)=C(C)C)=C(C)\C(C)=C/C)c1c(F)c(C)c(C(=C)N2C(CC)CCC2CC)c(CC)c1CC. The summed E-state index contributed by atoms with van der Waals surface area (Å²) in [5, 5.41) is 0. The third kappa shape index (κ3) is 5.74. The van der Waals surface area contributed by atoms with Gasteiger partial charge in [0, 0.05) is 28.9 Å². The molecule has 1 aliphatic rings. The van der Waals surface area contributed by atoms with Gasteiger partial charge in [0.2, 0.25) is 0 Å². The number of allylic oxidation sites excluding steroid dienone is 7. The highest BCUT2D eigenvalue weighted by Crippen LogP contribution is 2.43. The molecule has 0 amide bonds. The van der Waals surface area contributed by atoms with Gasteiger partial charge in [0.25, 0.3) is 0 Å². The minimum absolute atomic E-state index is 0.138. The fourth-order valence-corrected chi connectivity index (χ4v) is 6.30. The van der Waals surface area contributed by atoms with Crippen LogP contribution in [0.15, 0.2) is 47.1 Å². The van der Waals surface area contributed by atoms with E-state index < -0.39 is 0 Å². The van der Waals surface area contributed by atoms with E-state index in [0.717, 1.165) is 59.2 Å². The van der Waals surface area contributed by atoms with Crippen LogP contribution in [-0.2, 0) is 12.8 Å². The Hall–Kier alpha value is -2.35. The van der Waals surface area contributed by atoms with Crippen molar-refractivity contribution in [2.45, 2.75) is 127 Å². The molecular weight excluding hydrogens is 453 g/mol. The quantitative estimate of drug-likeness (QED) is 0.286. The van der Waals surface area contributed by atoms with Crippen LogP contribution in [-0.4, -0.2) is 17.0 Å². The van der Waals surface area contributed by atoms with Crippen molar-refractivity contribution in [1.29, 1.82) is 0 Å². The van der Waals surface area contributed by atoms with Crippen molar-refractivity contribution in [3.05, 3.63) is 80.7 Å². The Balaban J connectivity index is 2.91. The predicted molar refractivity (Wildman–Crippen MR) is 163 cm³/mol. The summed E-state index contributed by atoms with van der Waals surface area (Å²) in [4.78, 5) is 2.52. The zero-order valence-corrected chi connectivity index (χ0v) is 25.7. The highest BCUT2D eigenvalue weighted by Gasteiger charge is 2.35. The van der Waals surface area contributed by atoms with E-state index in [9.17, 15) is 0 Å². The lowest BCUT2D eigenvalue weighted by Gasteiger charge is -2.36. The molecule has 1 aliphatic heterocycles. The molecule has 0 bridgehead atoms. The summed E-state index contributed by atoms with van der Waals surface area (Å²) in [6.07, 6.45) is 8.28. The van der Waals surface area contributed by atoms with Crippen molar-refractivity contribution in [2.75, 3.05) is 0 Å². The van der Waals surface area contributed by atoms with Crippen LogP contribution in [0.3, 0.4) is 0 Å². The van der Waals surface area contributed by atoms with Gasteiger partial charge in [-0.1, -0.05) is 58.1 Å². The van der Waals surface area contributed by atoms with E-state index in [-0.39, 0.29) is 5.82 Å². The maximum absolute atomic E-state index is 16.7. The highest BCUT2D eigenvalue weighted by molar-refractivity contribution is 5.88. The topological polar surface area (TPSA) is 3.24 Å². The molecule has 0 aliphatic carbocycles. The van der Waals surface area contributed by atoms with Gasteiger partial charge >= 0.3 is 0 Å². The molecule has 1 aromatic rings. The molecule has 0 radical (unpaired) electrons. The first-order valence-corrected chi connectivity index (χ1v) is 14.4. The minimum Gasteiger partial charge on any atom is -0.366 e. The van der Waals surface area contributed by atoms with Crippen molar-refractivity contribution < 1.29 is 4.39 Å². The average molecular weight is 506 g/mol. The van der Waals surface area contributed by atoms with Crippen LogP contribution in [0.2, 0.25) is 0 Å². The molecule has 1 saturated heterocycles. The van der Waals surface area contributed by atoms with Crippen molar-refractivity contribution in [3.63, 3.8) is 0 Å². The third-order valence-electron chi connectivity index (χ3n) is 8.89. The van der Waals surface area contributed by atoms with Gasteiger partial charge in [0.05, 0.1) is 0 Å². The average Bonchev–Trinajstić information content (AvgIpc) is 3.31. The van der Waals surface area contributed by atoms with Gasteiger partial charge in [-0.25, -0.2) is 4.39 Å². The number of likely N-dealkylation sites (tertiary alicyclic amines) is 1. The molecule has 2 heteroatoms. The first-order chi connectivity index (χ1) is 17.4. The van der Waals surface area contributed by atoms with Crippen LogP contribution < -0.4 is 0 Å². The van der Waals surface area contributed by atoms with Gasteiger partial charge in [-0.05, 0) is 126 Å². The van der Waals surface area contributed by atoms with E-state index in [4.69, 9.17) is 0 Å².